The number of rotatable bonds is 6. The number of fused-ring (bicyclic) bond motifs is 1. The van der Waals surface area contributed by atoms with E-state index in [-0.39, 0.29) is 0 Å². The van der Waals surface area contributed by atoms with Gasteiger partial charge >= 0.3 is 0 Å². The summed E-state index contributed by atoms with van der Waals surface area (Å²) in [5.74, 6) is 7.09. The number of imidazole rings is 1. The summed E-state index contributed by atoms with van der Waals surface area (Å²) in [6, 6.07) is 9.56. The van der Waals surface area contributed by atoms with Crippen molar-refractivity contribution in [2.24, 2.45) is 5.84 Å². The van der Waals surface area contributed by atoms with Gasteiger partial charge < -0.3 is 14.9 Å². The zero-order chi connectivity index (χ0) is 14.5. The first kappa shape index (κ1) is 13.2. The topological polar surface area (TPSA) is 86.7 Å². The molecule has 0 aliphatic heterocycles. The monoisotopic (exact) mass is 285 g/mol. The molecule has 7 nitrogen and oxygen atoms in total. The number of anilines is 1. The molecule has 0 atom stereocenters. The van der Waals surface area contributed by atoms with Crippen molar-refractivity contribution in [2.45, 2.75) is 0 Å². The van der Waals surface area contributed by atoms with Gasteiger partial charge in [0.2, 0.25) is 5.65 Å². The van der Waals surface area contributed by atoms with Gasteiger partial charge in [0, 0.05) is 12.4 Å². The van der Waals surface area contributed by atoms with Crippen molar-refractivity contribution in [3.63, 3.8) is 0 Å². The van der Waals surface area contributed by atoms with Crippen LogP contribution in [0.25, 0.3) is 5.65 Å². The van der Waals surface area contributed by atoms with E-state index in [0.717, 1.165) is 5.75 Å². The van der Waals surface area contributed by atoms with Crippen molar-refractivity contribution in [1.29, 1.82) is 0 Å². The molecule has 2 heterocycles. The Balaban J connectivity index is 1.63. The van der Waals surface area contributed by atoms with Gasteiger partial charge in [-0.15, -0.1) is 0 Å². The lowest BCUT2D eigenvalue weighted by atomic mass is 10.3. The Bertz CT molecular complexity index is 714. The second-order valence-corrected chi connectivity index (χ2v) is 4.24. The average Bonchev–Trinajstić information content (AvgIpc) is 3.00. The maximum Gasteiger partial charge on any atom is 0.260 e. The summed E-state index contributed by atoms with van der Waals surface area (Å²) in [7, 11) is 0. The lowest BCUT2D eigenvalue weighted by molar-refractivity contribution is 0.213. The second kappa shape index (κ2) is 6.10. The number of nitrogens with two attached hydrogens (primary N) is 1. The van der Waals surface area contributed by atoms with Crippen LogP contribution in [-0.2, 0) is 0 Å². The van der Waals surface area contributed by atoms with Crippen molar-refractivity contribution in [2.75, 3.05) is 18.6 Å². The number of para-hydroxylation sites is 1. The first-order valence-corrected chi connectivity index (χ1v) is 6.48. The quantitative estimate of drug-likeness (QED) is 0.405. The standard InChI is InChI=1S/C14H15N5O2/c15-18-12-10-19-7-6-16-13(19)14(17-12)21-9-8-20-11-4-2-1-3-5-11/h1-7,10,18H,8-9,15H2. The number of hydrogen-bond donors (Lipinski definition) is 2. The van der Waals surface area contributed by atoms with Gasteiger partial charge in [-0.1, -0.05) is 18.2 Å². The number of aromatic nitrogens is 3. The highest BCUT2D eigenvalue weighted by molar-refractivity contribution is 5.53. The fraction of sp³-hybridized carbons (Fsp3) is 0.143. The summed E-state index contributed by atoms with van der Waals surface area (Å²) >= 11 is 0. The lowest BCUT2D eigenvalue weighted by Crippen LogP contribution is -2.13. The average molecular weight is 285 g/mol. The number of hydrazine groups is 1. The molecule has 3 rings (SSSR count). The molecule has 3 N–H and O–H groups in total. The minimum atomic E-state index is 0.360. The van der Waals surface area contributed by atoms with E-state index in [1.54, 1.807) is 23.0 Å². The third-order valence-electron chi connectivity index (χ3n) is 2.83. The smallest absolute Gasteiger partial charge is 0.260 e. The molecule has 0 bridgehead atoms. The van der Waals surface area contributed by atoms with E-state index in [9.17, 15) is 0 Å². The fourth-order valence-corrected chi connectivity index (χ4v) is 1.88. The van der Waals surface area contributed by atoms with E-state index < -0.39 is 0 Å². The molecule has 0 amide bonds. The number of nitrogen functional groups attached to an aromatic ring is 1. The SMILES string of the molecule is NNc1cn2ccnc2c(OCCOc2ccccc2)n1. The molecular weight excluding hydrogens is 270 g/mol. The molecule has 1 aromatic carbocycles. The van der Waals surface area contributed by atoms with Crippen LogP contribution in [0.5, 0.6) is 11.6 Å². The molecule has 0 saturated carbocycles. The largest absolute Gasteiger partial charge is 0.490 e. The minimum Gasteiger partial charge on any atom is -0.490 e. The third kappa shape index (κ3) is 3.03. The zero-order valence-corrected chi connectivity index (χ0v) is 11.3. The van der Waals surface area contributed by atoms with E-state index in [0.29, 0.717) is 30.6 Å². The predicted octanol–water partition coefficient (Wildman–Crippen LogP) is 1.47. The maximum atomic E-state index is 5.63. The molecule has 21 heavy (non-hydrogen) atoms. The molecule has 0 fully saturated rings. The molecule has 0 aliphatic rings. The fourth-order valence-electron chi connectivity index (χ4n) is 1.88. The summed E-state index contributed by atoms with van der Waals surface area (Å²) in [4.78, 5) is 8.44. The lowest BCUT2D eigenvalue weighted by Gasteiger charge is -2.09. The van der Waals surface area contributed by atoms with E-state index in [1.807, 2.05) is 30.3 Å². The van der Waals surface area contributed by atoms with Crippen LogP contribution in [0.15, 0.2) is 48.9 Å². The van der Waals surface area contributed by atoms with Crippen molar-refractivity contribution >= 4 is 11.5 Å². The van der Waals surface area contributed by atoms with E-state index in [2.05, 4.69) is 15.4 Å². The van der Waals surface area contributed by atoms with Crippen LogP contribution in [0.2, 0.25) is 0 Å². The van der Waals surface area contributed by atoms with Crippen molar-refractivity contribution in [1.82, 2.24) is 14.4 Å². The molecule has 108 valence electrons. The van der Waals surface area contributed by atoms with Gasteiger partial charge in [-0.3, -0.25) is 4.40 Å². The van der Waals surface area contributed by atoms with Crippen LogP contribution in [0.3, 0.4) is 0 Å². The van der Waals surface area contributed by atoms with E-state index in [1.165, 1.54) is 0 Å². The number of nitrogens with one attached hydrogen (secondary N) is 1. The predicted molar refractivity (Wildman–Crippen MR) is 78.2 cm³/mol. The van der Waals surface area contributed by atoms with Crippen LogP contribution >= 0.6 is 0 Å². The minimum absolute atomic E-state index is 0.360. The number of hydrogen-bond acceptors (Lipinski definition) is 6. The van der Waals surface area contributed by atoms with E-state index in [4.69, 9.17) is 15.3 Å². The Labute approximate surface area is 121 Å². The molecule has 3 aromatic rings. The number of nitrogens with zero attached hydrogens (tertiary/aromatic N) is 3. The highest BCUT2D eigenvalue weighted by Gasteiger charge is 2.08. The molecule has 0 spiro atoms. The zero-order valence-electron chi connectivity index (χ0n) is 11.3. The van der Waals surface area contributed by atoms with Gasteiger partial charge in [-0.25, -0.2) is 10.8 Å². The maximum absolute atomic E-state index is 5.63. The normalized spacial score (nSPS) is 10.5. The Morgan fingerprint density at radius 1 is 1.14 bits per heavy atom. The van der Waals surface area contributed by atoms with Crippen LogP contribution in [-0.4, -0.2) is 27.6 Å². The summed E-state index contributed by atoms with van der Waals surface area (Å²) in [5.41, 5.74) is 3.13. The van der Waals surface area contributed by atoms with Gasteiger partial charge in [-0.05, 0) is 12.1 Å². The number of benzene rings is 1. The summed E-state index contributed by atoms with van der Waals surface area (Å²) in [6.07, 6.45) is 5.20. The Morgan fingerprint density at radius 3 is 2.76 bits per heavy atom. The molecule has 0 saturated heterocycles. The van der Waals surface area contributed by atoms with Gasteiger partial charge in [0.1, 0.15) is 19.0 Å². The number of ether oxygens (including phenoxy) is 2. The summed E-state index contributed by atoms with van der Waals surface area (Å²) in [6.45, 7) is 0.775. The van der Waals surface area contributed by atoms with Crippen LogP contribution in [0.1, 0.15) is 0 Å². The Hall–Kier alpha value is -2.80. The third-order valence-corrected chi connectivity index (χ3v) is 2.83. The van der Waals surface area contributed by atoms with Crippen LogP contribution in [0.4, 0.5) is 5.82 Å². The Morgan fingerprint density at radius 2 is 1.95 bits per heavy atom. The van der Waals surface area contributed by atoms with Crippen LogP contribution in [0, 0.1) is 0 Å². The summed E-state index contributed by atoms with van der Waals surface area (Å²) in [5, 5.41) is 0. The highest BCUT2D eigenvalue weighted by atomic mass is 16.5. The molecule has 0 aliphatic carbocycles. The van der Waals surface area contributed by atoms with Gasteiger partial charge in [0.15, 0.2) is 5.82 Å². The Kier molecular flexibility index (Phi) is 3.83. The highest BCUT2D eigenvalue weighted by Crippen LogP contribution is 2.18. The van der Waals surface area contributed by atoms with Gasteiger partial charge in [0.05, 0.1) is 6.20 Å². The molecule has 0 radical (unpaired) electrons. The van der Waals surface area contributed by atoms with Crippen LogP contribution < -0.4 is 20.7 Å². The van der Waals surface area contributed by atoms with Crippen molar-refractivity contribution < 1.29 is 9.47 Å². The first-order chi connectivity index (χ1) is 10.4. The molecular formula is C14H15N5O2. The van der Waals surface area contributed by atoms with E-state index >= 15 is 0 Å². The second-order valence-electron chi connectivity index (χ2n) is 4.24. The van der Waals surface area contributed by atoms with Gasteiger partial charge in [-0.2, -0.15) is 4.98 Å². The molecule has 0 unspecified atom stereocenters. The van der Waals surface area contributed by atoms with Gasteiger partial charge in [0.25, 0.3) is 5.88 Å². The van der Waals surface area contributed by atoms with Crippen molar-refractivity contribution in [3.8, 4) is 11.6 Å². The molecule has 2 aromatic heterocycles. The summed E-state index contributed by atoms with van der Waals surface area (Å²) < 4.78 is 13.0. The van der Waals surface area contributed by atoms with Crippen molar-refractivity contribution in [3.05, 3.63) is 48.9 Å². The first-order valence-electron chi connectivity index (χ1n) is 6.48. The molecule has 7 heteroatoms.